The van der Waals surface area contributed by atoms with Crippen molar-refractivity contribution in [2.24, 2.45) is 0 Å². The van der Waals surface area contributed by atoms with Crippen molar-refractivity contribution in [1.29, 1.82) is 0 Å². The third-order valence-corrected chi connectivity index (χ3v) is 3.53. The molecule has 3 rings (SSSR count). The van der Waals surface area contributed by atoms with E-state index in [2.05, 4.69) is 4.98 Å². The molecule has 1 N–H and O–H groups in total. The van der Waals surface area contributed by atoms with Crippen LogP contribution in [0.15, 0.2) is 53.3 Å². The third kappa shape index (κ3) is 2.39. The average molecular weight is 301 g/mol. The van der Waals surface area contributed by atoms with E-state index in [-0.39, 0.29) is 11.2 Å². The number of benzene rings is 2. The van der Waals surface area contributed by atoms with Gasteiger partial charge in [0.15, 0.2) is 0 Å². The molecule has 3 aromatic rings. The van der Waals surface area contributed by atoms with Gasteiger partial charge in [0.25, 0.3) is 5.69 Å². The number of aromatic amines is 1. The number of pyridine rings is 1. The van der Waals surface area contributed by atoms with Crippen molar-refractivity contribution in [3.05, 3.63) is 74.0 Å². The molecule has 0 radical (unpaired) electrons. The van der Waals surface area contributed by atoms with Crippen LogP contribution in [0, 0.1) is 10.1 Å². The van der Waals surface area contributed by atoms with E-state index in [4.69, 9.17) is 11.6 Å². The second-order valence-electron chi connectivity index (χ2n) is 4.51. The predicted octanol–water partition coefficient (Wildman–Crippen LogP) is 3.76. The number of halogens is 1. The average Bonchev–Trinajstić information content (AvgIpc) is 2.47. The minimum absolute atomic E-state index is 0.00549. The molecule has 21 heavy (non-hydrogen) atoms. The number of H-pyrrole nitrogens is 1. The van der Waals surface area contributed by atoms with Gasteiger partial charge in [-0.2, -0.15) is 0 Å². The van der Waals surface area contributed by atoms with E-state index in [1.165, 1.54) is 18.2 Å². The number of nitrogens with zero attached hydrogens (tertiary/aromatic N) is 1. The smallest absolute Gasteiger partial charge is 0.269 e. The number of nitro groups is 1. The Labute approximate surface area is 124 Å². The summed E-state index contributed by atoms with van der Waals surface area (Å²) in [5, 5.41) is 11.9. The first-order valence-corrected chi connectivity index (χ1v) is 6.50. The molecule has 0 saturated heterocycles. The van der Waals surface area contributed by atoms with Gasteiger partial charge in [0.1, 0.15) is 0 Å². The van der Waals surface area contributed by atoms with E-state index in [1.54, 1.807) is 24.3 Å². The number of nitro benzene ring substituents is 1. The summed E-state index contributed by atoms with van der Waals surface area (Å²) in [6.45, 7) is 0. The Balaban J connectivity index is 2.27. The fourth-order valence-corrected chi connectivity index (χ4v) is 2.47. The van der Waals surface area contributed by atoms with Gasteiger partial charge in [-0.15, -0.1) is 0 Å². The van der Waals surface area contributed by atoms with Crippen LogP contribution in [0.4, 0.5) is 5.69 Å². The minimum atomic E-state index is -0.462. The second-order valence-corrected chi connectivity index (χ2v) is 4.92. The number of hydrogen-bond acceptors (Lipinski definition) is 3. The predicted molar refractivity (Wildman–Crippen MR) is 81.7 cm³/mol. The summed E-state index contributed by atoms with van der Waals surface area (Å²) in [5.74, 6) is 0. The van der Waals surface area contributed by atoms with Crippen molar-refractivity contribution >= 4 is 28.2 Å². The molecule has 5 nitrogen and oxygen atoms in total. The van der Waals surface area contributed by atoms with Crippen LogP contribution < -0.4 is 5.56 Å². The minimum Gasteiger partial charge on any atom is -0.321 e. The van der Waals surface area contributed by atoms with Crippen molar-refractivity contribution in [3.8, 4) is 11.1 Å². The molecule has 0 aliphatic rings. The lowest BCUT2D eigenvalue weighted by Crippen LogP contribution is -2.05. The van der Waals surface area contributed by atoms with Crippen LogP contribution in [0.1, 0.15) is 0 Å². The van der Waals surface area contributed by atoms with Crippen molar-refractivity contribution in [3.63, 3.8) is 0 Å². The number of para-hydroxylation sites is 1. The zero-order valence-electron chi connectivity index (χ0n) is 10.7. The Morgan fingerprint density at radius 3 is 2.48 bits per heavy atom. The molecule has 0 saturated carbocycles. The molecule has 0 aliphatic heterocycles. The Hall–Kier alpha value is -2.66. The summed E-state index contributed by atoms with van der Waals surface area (Å²) in [4.78, 5) is 24.7. The molecule has 0 fully saturated rings. The molecule has 0 amide bonds. The highest BCUT2D eigenvalue weighted by Gasteiger charge is 2.10. The van der Waals surface area contributed by atoms with Gasteiger partial charge < -0.3 is 4.98 Å². The normalized spacial score (nSPS) is 10.7. The number of fused-ring (bicyclic) bond motifs is 1. The van der Waals surface area contributed by atoms with Gasteiger partial charge in [-0.25, -0.2) is 0 Å². The van der Waals surface area contributed by atoms with Crippen molar-refractivity contribution in [2.45, 2.75) is 0 Å². The van der Waals surface area contributed by atoms with Gasteiger partial charge >= 0.3 is 0 Å². The lowest BCUT2D eigenvalue weighted by Gasteiger charge is -2.07. The van der Waals surface area contributed by atoms with E-state index in [0.717, 1.165) is 10.9 Å². The molecule has 1 aromatic heterocycles. The van der Waals surface area contributed by atoms with Gasteiger partial charge in [0.05, 0.1) is 15.5 Å². The Morgan fingerprint density at radius 2 is 1.81 bits per heavy atom. The summed E-state index contributed by atoms with van der Waals surface area (Å²) in [6.07, 6.45) is 0. The quantitative estimate of drug-likeness (QED) is 0.578. The molecule has 2 aromatic carbocycles. The highest BCUT2D eigenvalue weighted by Crippen LogP contribution is 2.30. The van der Waals surface area contributed by atoms with E-state index >= 15 is 0 Å². The van der Waals surface area contributed by atoms with Gasteiger partial charge in [-0.1, -0.05) is 23.7 Å². The molecule has 0 spiro atoms. The maximum absolute atomic E-state index is 11.8. The fourth-order valence-electron chi connectivity index (χ4n) is 2.25. The first-order chi connectivity index (χ1) is 10.1. The fraction of sp³-hybridized carbons (Fsp3) is 0. The SMILES string of the molecule is O=c1cc(-c2ccc([N+](=O)[O-])cc2)c2cccc(Cl)c2[nH]1. The molecule has 0 aliphatic carbocycles. The molecule has 6 heteroatoms. The molecular formula is C15H9ClN2O3. The van der Waals surface area contributed by atoms with Crippen LogP contribution >= 0.6 is 11.6 Å². The van der Waals surface area contributed by atoms with Gasteiger partial charge in [0.2, 0.25) is 5.56 Å². The molecule has 1 heterocycles. The van der Waals surface area contributed by atoms with Crippen LogP contribution in [-0.4, -0.2) is 9.91 Å². The Bertz CT molecular complexity index is 901. The van der Waals surface area contributed by atoms with Gasteiger partial charge in [-0.05, 0) is 29.3 Å². The van der Waals surface area contributed by atoms with E-state index in [0.29, 0.717) is 16.1 Å². The maximum Gasteiger partial charge on any atom is 0.269 e. The Morgan fingerprint density at radius 1 is 1.10 bits per heavy atom. The van der Waals surface area contributed by atoms with Crippen LogP contribution in [-0.2, 0) is 0 Å². The van der Waals surface area contributed by atoms with Crippen molar-refractivity contribution in [1.82, 2.24) is 4.98 Å². The number of rotatable bonds is 2. The van der Waals surface area contributed by atoms with Crippen molar-refractivity contribution < 1.29 is 4.92 Å². The molecule has 0 unspecified atom stereocenters. The molecular weight excluding hydrogens is 292 g/mol. The molecule has 0 atom stereocenters. The summed E-state index contributed by atoms with van der Waals surface area (Å²) in [6, 6.07) is 12.8. The lowest BCUT2D eigenvalue weighted by molar-refractivity contribution is -0.384. The number of non-ortho nitro benzene ring substituents is 1. The summed E-state index contributed by atoms with van der Waals surface area (Å²) in [7, 11) is 0. The summed E-state index contributed by atoms with van der Waals surface area (Å²) < 4.78 is 0. The van der Waals surface area contributed by atoms with E-state index in [9.17, 15) is 14.9 Å². The first-order valence-electron chi connectivity index (χ1n) is 6.12. The largest absolute Gasteiger partial charge is 0.321 e. The maximum atomic E-state index is 11.8. The Kier molecular flexibility index (Phi) is 3.19. The molecule has 0 bridgehead atoms. The molecule has 104 valence electrons. The first kappa shape index (κ1) is 13.3. The highest BCUT2D eigenvalue weighted by atomic mass is 35.5. The second kappa shape index (κ2) is 5.03. The third-order valence-electron chi connectivity index (χ3n) is 3.22. The van der Waals surface area contributed by atoms with Crippen LogP contribution in [0.2, 0.25) is 5.02 Å². The lowest BCUT2D eigenvalue weighted by atomic mass is 10.0. The van der Waals surface area contributed by atoms with Crippen molar-refractivity contribution in [2.75, 3.05) is 0 Å². The zero-order valence-corrected chi connectivity index (χ0v) is 11.4. The van der Waals surface area contributed by atoms with Gasteiger partial charge in [0, 0.05) is 23.6 Å². The summed E-state index contributed by atoms with van der Waals surface area (Å²) in [5.41, 5.74) is 1.69. The topological polar surface area (TPSA) is 76.0 Å². The number of hydrogen-bond donors (Lipinski definition) is 1. The van der Waals surface area contributed by atoms with Gasteiger partial charge in [-0.3, -0.25) is 14.9 Å². The monoisotopic (exact) mass is 300 g/mol. The van der Waals surface area contributed by atoms with E-state index < -0.39 is 4.92 Å². The van der Waals surface area contributed by atoms with E-state index in [1.807, 2.05) is 6.07 Å². The van der Waals surface area contributed by atoms with Crippen LogP contribution in [0.5, 0.6) is 0 Å². The summed E-state index contributed by atoms with van der Waals surface area (Å²) >= 11 is 6.10. The van der Waals surface area contributed by atoms with Crippen LogP contribution in [0.3, 0.4) is 0 Å². The van der Waals surface area contributed by atoms with Crippen LogP contribution in [0.25, 0.3) is 22.0 Å². The number of nitrogens with one attached hydrogen (secondary N) is 1. The standard InChI is InChI=1S/C15H9ClN2O3/c16-13-3-1-2-11-12(8-14(19)17-15(11)13)9-4-6-10(7-5-9)18(20)21/h1-8H,(H,17,19). The zero-order chi connectivity index (χ0) is 15.0. The number of aromatic nitrogens is 1. The highest BCUT2D eigenvalue weighted by molar-refractivity contribution is 6.35.